The summed E-state index contributed by atoms with van der Waals surface area (Å²) < 4.78 is 13.4. The third kappa shape index (κ3) is 3.40. The maximum atomic E-state index is 6.21. The second-order valence-electron chi connectivity index (χ2n) is 8.31. The minimum atomic E-state index is 0.378. The Bertz CT molecular complexity index is 1410. The molecule has 7 nitrogen and oxygen atoms in total. The van der Waals surface area contributed by atoms with Crippen molar-refractivity contribution in [3.8, 4) is 11.3 Å². The molecule has 162 valence electrons. The molecule has 0 amide bonds. The lowest BCUT2D eigenvalue weighted by Crippen LogP contribution is -2.18. The molecule has 1 fully saturated rings. The maximum absolute atomic E-state index is 6.21. The van der Waals surface area contributed by atoms with Crippen molar-refractivity contribution in [1.29, 1.82) is 0 Å². The summed E-state index contributed by atoms with van der Waals surface area (Å²) in [7, 11) is 0. The molecule has 3 heterocycles. The number of aromatic nitrogens is 3. The molecule has 1 aliphatic rings. The van der Waals surface area contributed by atoms with E-state index in [1.54, 1.807) is 0 Å². The molecule has 6 rings (SSSR count). The van der Waals surface area contributed by atoms with Crippen LogP contribution in [-0.2, 0) is 4.18 Å². The number of hydrogen-bond acceptors (Lipinski definition) is 7. The van der Waals surface area contributed by atoms with Crippen LogP contribution >= 0.6 is 12.2 Å². The SMILES string of the molecule is NSOCC1CCC(Nc2ccnc3cc(-c4cccc5c4oc4ccccc45)nn23)C1. The quantitative estimate of drug-likeness (QED) is 0.267. The van der Waals surface area contributed by atoms with Gasteiger partial charge in [0.25, 0.3) is 0 Å². The summed E-state index contributed by atoms with van der Waals surface area (Å²) >= 11 is 0.948. The fourth-order valence-electron chi connectivity index (χ4n) is 4.79. The second kappa shape index (κ2) is 8.12. The van der Waals surface area contributed by atoms with E-state index >= 15 is 0 Å². The molecule has 8 heteroatoms. The monoisotopic (exact) mass is 445 g/mol. The van der Waals surface area contributed by atoms with Crippen molar-refractivity contribution < 1.29 is 8.60 Å². The second-order valence-corrected chi connectivity index (χ2v) is 8.74. The Kier molecular flexibility index (Phi) is 4.98. The summed E-state index contributed by atoms with van der Waals surface area (Å²) in [5.41, 5.74) is 4.34. The smallest absolute Gasteiger partial charge is 0.157 e. The van der Waals surface area contributed by atoms with Gasteiger partial charge in [-0.25, -0.2) is 4.98 Å². The average Bonchev–Trinajstić information content (AvgIpc) is 3.54. The first-order valence-corrected chi connectivity index (χ1v) is 11.6. The molecule has 2 aromatic carbocycles. The first-order valence-electron chi connectivity index (χ1n) is 10.8. The fourth-order valence-corrected chi connectivity index (χ4v) is 5.06. The Hall–Kier alpha value is -3.07. The summed E-state index contributed by atoms with van der Waals surface area (Å²) in [4.78, 5) is 4.53. The summed E-state index contributed by atoms with van der Waals surface area (Å²) in [5, 5.41) is 16.2. The van der Waals surface area contributed by atoms with E-state index in [2.05, 4.69) is 34.6 Å². The number of nitrogens with zero attached hydrogens (tertiary/aromatic N) is 3. The highest BCUT2D eigenvalue weighted by atomic mass is 32.2. The molecule has 1 aliphatic carbocycles. The molecule has 3 N–H and O–H groups in total. The van der Waals surface area contributed by atoms with E-state index in [-0.39, 0.29) is 0 Å². The molecule has 0 spiro atoms. The van der Waals surface area contributed by atoms with Crippen molar-refractivity contribution in [2.75, 3.05) is 11.9 Å². The van der Waals surface area contributed by atoms with E-state index in [1.165, 1.54) is 0 Å². The van der Waals surface area contributed by atoms with Gasteiger partial charge in [-0.3, -0.25) is 5.14 Å². The number of furan rings is 1. The van der Waals surface area contributed by atoms with E-state index in [9.17, 15) is 0 Å². The largest absolute Gasteiger partial charge is 0.455 e. The van der Waals surface area contributed by atoms with Crippen molar-refractivity contribution in [2.45, 2.75) is 25.3 Å². The average molecular weight is 446 g/mol. The van der Waals surface area contributed by atoms with Crippen molar-refractivity contribution in [3.63, 3.8) is 0 Å². The number of benzene rings is 2. The molecule has 32 heavy (non-hydrogen) atoms. The van der Waals surface area contributed by atoms with Crippen LogP contribution in [0.15, 0.2) is 65.2 Å². The summed E-state index contributed by atoms with van der Waals surface area (Å²) in [6, 6.07) is 18.7. The summed E-state index contributed by atoms with van der Waals surface area (Å²) in [6.07, 6.45) is 5.10. The first kappa shape index (κ1) is 19.6. The van der Waals surface area contributed by atoms with Crippen molar-refractivity contribution in [1.82, 2.24) is 14.6 Å². The number of anilines is 1. The zero-order valence-corrected chi connectivity index (χ0v) is 18.2. The van der Waals surface area contributed by atoms with Crippen LogP contribution < -0.4 is 10.5 Å². The van der Waals surface area contributed by atoms with Crippen molar-refractivity contribution >= 4 is 45.6 Å². The Morgan fingerprint density at radius 3 is 2.97 bits per heavy atom. The van der Waals surface area contributed by atoms with Crippen molar-refractivity contribution in [2.24, 2.45) is 11.1 Å². The van der Waals surface area contributed by atoms with Crippen LogP contribution in [0, 0.1) is 5.92 Å². The predicted octanol–water partition coefficient (Wildman–Crippen LogP) is 5.41. The van der Waals surface area contributed by atoms with Gasteiger partial charge in [0.15, 0.2) is 5.65 Å². The zero-order chi connectivity index (χ0) is 21.5. The van der Waals surface area contributed by atoms with Gasteiger partial charge in [0.1, 0.15) is 17.0 Å². The van der Waals surface area contributed by atoms with Gasteiger partial charge in [-0.05, 0) is 43.4 Å². The van der Waals surface area contributed by atoms with Crippen LogP contribution in [0.3, 0.4) is 0 Å². The lowest BCUT2D eigenvalue weighted by Gasteiger charge is -2.15. The van der Waals surface area contributed by atoms with Gasteiger partial charge in [0.05, 0.1) is 24.5 Å². The highest BCUT2D eigenvalue weighted by Crippen LogP contribution is 2.36. The van der Waals surface area contributed by atoms with Crippen LogP contribution in [0.4, 0.5) is 5.82 Å². The number of rotatable bonds is 6. The Morgan fingerprint density at radius 1 is 1.12 bits per heavy atom. The van der Waals surface area contributed by atoms with Gasteiger partial charge < -0.3 is 13.9 Å². The molecule has 0 aliphatic heterocycles. The van der Waals surface area contributed by atoms with E-state index in [0.29, 0.717) is 18.6 Å². The lowest BCUT2D eigenvalue weighted by atomic mass is 10.1. The molecule has 0 saturated heterocycles. The minimum absolute atomic E-state index is 0.378. The van der Waals surface area contributed by atoms with Gasteiger partial charge in [-0.15, -0.1) is 0 Å². The van der Waals surface area contributed by atoms with Crippen molar-refractivity contribution in [3.05, 3.63) is 60.8 Å². The molecule has 2 atom stereocenters. The molecule has 1 saturated carbocycles. The van der Waals surface area contributed by atoms with Gasteiger partial charge in [-0.1, -0.05) is 30.3 Å². The maximum Gasteiger partial charge on any atom is 0.157 e. The highest BCUT2D eigenvalue weighted by Gasteiger charge is 2.25. The van der Waals surface area contributed by atoms with Gasteiger partial charge in [0.2, 0.25) is 0 Å². The van der Waals surface area contributed by atoms with E-state index in [0.717, 1.165) is 76.2 Å². The van der Waals surface area contributed by atoms with Crippen LogP contribution in [0.25, 0.3) is 38.8 Å². The number of nitrogens with one attached hydrogen (secondary N) is 1. The van der Waals surface area contributed by atoms with Crippen LogP contribution in [0.1, 0.15) is 19.3 Å². The number of fused-ring (bicyclic) bond motifs is 4. The first-order chi connectivity index (χ1) is 15.8. The Labute approximate surface area is 189 Å². The van der Waals surface area contributed by atoms with Gasteiger partial charge >= 0.3 is 0 Å². The summed E-state index contributed by atoms with van der Waals surface area (Å²) in [5.74, 6) is 1.47. The third-order valence-corrected chi connectivity index (χ3v) is 6.58. The zero-order valence-electron chi connectivity index (χ0n) is 17.4. The molecular formula is C24H23N5O2S. The molecule has 0 bridgehead atoms. The predicted molar refractivity (Wildman–Crippen MR) is 128 cm³/mol. The molecule has 2 unspecified atom stereocenters. The van der Waals surface area contributed by atoms with E-state index < -0.39 is 0 Å². The van der Waals surface area contributed by atoms with Gasteiger partial charge in [0, 0.05) is 34.6 Å². The number of para-hydroxylation sites is 2. The third-order valence-electron chi connectivity index (χ3n) is 6.30. The van der Waals surface area contributed by atoms with E-state index in [1.807, 2.05) is 41.0 Å². The van der Waals surface area contributed by atoms with E-state index in [4.69, 9.17) is 18.8 Å². The lowest BCUT2D eigenvalue weighted by molar-refractivity contribution is 0.290. The standard InChI is InChI=1S/C24H23N5O2S/c25-32-30-14-15-8-9-16(12-15)27-22-10-11-26-23-13-20(28-29(22)23)19-6-3-5-18-17-4-1-2-7-21(17)31-24(18)19/h1-7,10-11,13,15-16,27H,8-9,12,14,25H2. The number of nitrogens with two attached hydrogens (primary N) is 1. The molecule has 0 radical (unpaired) electrons. The molecule has 5 aromatic rings. The molecular weight excluding hydrogens is 422 g/mol. The normalized spacial score (nSPS) is 18.8. The van der Waals surface area contributed by atoms with Crippen LogP contribution in [0.5, 0.6) is 0 Å². The topological polar surface area (TPSA) is 90.6 Å². The van der Waals surface area contributed by atoms with Gasteiger partial charge in [-0.2, -0.15) is 9.61 Å². The summed E-state index contributed by atoms with van der Waals surface area (Å²) in [6.45, 7) is 0.693. The number of hydrogen-bond donors (Lipinski definition) is 2. The Balaban J connectivity index is 1.35. The Morgan fingerprint density at radius 2 is 2.03 bits per heavy atom. The van der Waals surface area contributed by atoms with Crippen LogP contribution in [0.2, 0.25) is 0 Å². The fraction of sp³-hybridized carbons (Fsp3) is 0.250. The molecule has 3 aromatic heterocycles. The van der Waals surface area contributed by atoms with Crippen LogP contribution in [-0.4, -0.2) is 27.2 Å². The highest BCUT2D eigenvalue weighted by molar-refractivity contribution is 7.92. The minimum Gasteiger partial charge on any atom is -0.455 e.